The number of aromatic amines is 1. The summed E-state index contributed by atoms with van der Waals surface area (Å²) in [5.41, 5.74) is 8.80. The molecule has 0 radical (unpaired) electrons. The molecule has 0 fully saturated rings. The number of hydrogen-bond acceptors (Lipinski definition) is 3. The summed E-state index contributed by atoms with van der Waals surface area (Å²) in [4.78, 5) is 0. The number of benzene rings is 1. The van der Waals surface area contributed by atoms with Gasteiger partial charge in [0.1, 0.15) is 5.75 Å². The third-order valence-electron chi connectivity index (χ3n) is 2.33. The van der Waals surface area contributed by atoms with Gasteiger partial charge in [0.2, 0.25) is 5.88 Å². The second kappa shape index (κ2) is 4.37. The molecule has 0 unspecified atom stereocenters. The lowest BCUT2D eigenvalue weighted by molar-refractivity contribution is 0.456. The highest BCUT2D eigenvalue weighted by molar-refractivity contribution is 5.38. The highest BCUT2D eigenvalue weighted by Gasteiger charge is 2.05. The topological polar surface area (TPSA) is 63.9 Å². The van der Waals surface area contributed by atoms with Crippen molar-refractivity contribution < 1.29 is 4.74 Å². The van der Waals surface area contributed by atoms with Gasteiger partial charge in [-0.2, -0.15) is 0 Å². The molecule has 2 aromatic rings. The molecule has 0 atom stereocenters. The van der Waals surface area contributed by atoms with Crippen LogP contribution in [-0.2, 0) is 6.54 Å². The summed E-state index contributed by atoms with van der Waals surface area (Å²) in [5, 5.41) is 6.85. The molecular weight excluding hydrogens is 202 g/mol. The van der Waals surface area contributed by atoms with Gasteiger partial charge in [-0.25, -0.2) is 0 Å². The van der Waals surface area contributed by atoms with Gasteiger partial charge in [-0.15, -0.1) is 5.10 Å². The van der Waals surface area contributed by atoms with E-state index in [1.807, 2.05) is 38.1 Å². The number of nitrogens with two attached hydrogens (primary N) is 1. The van der Waals surface area contributed by atoms with Crippen molar-refractivity contribution in [2.24, 2.45) is 5.73 Å². The third kappa shape index (κ3) is 2.23. The van der Waals surface area contributed by atoms with Crippen LogP contribution in [0.2, 0.25) is 0 Å². The van der Waals surface area contributed by atoms with Crippen LogP contribution in [0.5, 0.6) is 11.6 Å². The van der Waals surface area contributed by atoms with E-state index in [1.165, 1.54) is 5.56 Å². The Balaban J connectivity index is 2.27. The van der Waals surface area contributed by atoms with E-state index in [1.54, 1.807) is 0 Å². The maximum absolute atomic E-state index is 5.67. The normalized spacial score (nSPS) is 10.4. The van der Waals surface area contributed by atoms with Gasteiger partial charge in [-0.3, -0.25) is 5.10 Å². The molecule has 16 heavy (non-hydrogen) atoms. The monoisotopic (exact) mass is 217 g/mol. The van der Waals surface area contributed by atoms with Crippen LogP contribution in [0.15, 0.2) is 24.3 Å². The first kappa shape index (κ1) is 10.7. The van der Waals surface area contributed by atoms with Gasteiger partial charge in [-0.05, 0) is 19.9 Å². The molecule has 0 saturated heterocycles. The summed E-state index contributed by atoms with van der Waals surface area (Å²) >= 11 is 0. The van der Waals surface area contributed by atoms with Crippen molar-refractivity contribution in [3.63, 3.8) is 0 Å². The lowest BCUT2D eigenvalue weighted by Crippen LogP contribution is -2.00. The van der Waals surface area contributed by atoms with E-state index in [9.17, 15) is 0 Å². The molecule has 0 aliphatic heterocycles. The number of nitrogens with zero attached hydrogens (tertiary/aromatic N) is 1. The van der Waals surface area contributed by atoms with E-state index in [-0.39, 0.29) is 0 Å². The van der Waals surface area contributed by atoms with Crippen LogP contribution in [-0.4, -0.2) is 10.2 Å². The van der Waals surface area contributed by atoms with Gasteiger partial charge in [-0.1, -0.05) is 17.7 Å². The first-order valence-corrected chi connectivity index (χ1v) is 5.18. The predicted molar refractivity (Wildman–Crippen MR) is 62.5 cm³/mol. The number of aryl methyl sites for hydroxylation is 2. The fraction of sp³-hybridized carbons (Fsp3) is 0.250. The molecular formula is C12H15N3O. The molecule has 4 nitrogen and oxygen atoms in total. The Kier molecular flexibility index (Phi) is 2.92. The largest absolute Gasteiger partial charge is 0.437 e. The van der Waals surface area contributed by atoms with Crippen molar-refractivity contribution in [1.82, 2.24) is 10.2 Å². The zero-order valence-electron chi connectivity index (χ0n) is 9.45. The highest BCUT2D eigenvalue weighted by atomic mass is 16.5. The fourth-order valence-corrected chi connectivity index (χ4v) is 1.53. The number of rotatable bonds is 3. The van der Waals surface area contributed by atoms with E-state index in [4.69, 9.17) is 10.5 Å². The third-order valence-corrected chi connectivity index (χ3v) is 2.33. The Morgan fingerprint density at radius 2 is 2.12 bits per heavy atom. The summed E-state index contributed by atoms with van der Waals surface area (Å²) < 4.78 is 5.65. The summed E-state index contributed by atoms with van der Waals surface area (Å²) in [6.07, 6.45) is 0. The molecule has 4 heteroatoms. The SMILES string of the molecule is Cc1ccc(Oc2cc(C)[nH]n2)c(CN)c1. The molecule has 0 amide bonds. The standard InChI is InChI=1S/C12H15N3O/c1-8-3-4-11(10(5-8)7-13)16-12-6-9(2)14-15-12/h3-6H,7,13H2,1-2H3,(H,14,15). The molecule has 0 bridgehead atoms. The zero-order chi connectivity index (χ0) is 11.5. The molecule has 0 saturated carbocycles. The van der Waals surface area contributed by atoms with Gasteiger partial charge < -0.3 is 10.5 Å². The Morgan fingerprint density at radius 3 is 2.75 bits per heavy atom. The van der Waals surface area contributed by atoms with Crippen molar-refractivity contribution in [3.05, 3.63) is 41.1 Å². The molecule has 1 aromatic carbocycles. The molecule has 1 heterocycles. The summed E-state index contributed by atoms with van der Waals surface area (Å²) in [7, 11) is 0. The van der Waals surface area contributed by atoms with Crippen molar-refractivity contribution in [1.29, 1.82) is 0 Å². The van der Waals surface area contributed by atoms with E-state index < -0.39 is 0 Å². The molecule has 0 aliphatic carbocycles. The zero-order valence-corrected chi connectivity index (χ0v) is 9.45. The Labute approximate surface area is 94.4 Å². The molecule has 3 N–H and O–H groups in total. The minimum atomic E-state index is 0.459. The maximum Gasteiger partial charge on any atom is 0.238 e. The average molecular weight is 217 g/mol. The van der Waals surface area contributed by atoms with Crippen LogP contribution >= 0.6 is 0 Å². The lowest BCUT2D eigenvalue weighted by atomic mass is 10.1. The predicted octanol–water partition coefficient (Wildman–Crippen LogP) is 2.28. The maximum atomic E-state index is 5.67. The molecule has 0 aliphatic rings. The van der Waals surface area contributed by atoms with Crippen molar-refractivity contribution in [3.8, 4) is 11.6 Å². The van der Waals surface area contributed by atoms with Gasteiger partial charge in [0.05, 0.1) is 0 Å². The van der Waals surface area contributed by atoms with Gasteiger partial charge in [0, 0.05) is 23.9 Å². The number of hydrogen-bond donors (Lipinski definition) is 2. The quantitative estimate of drug-likeness (QED) is 0.829. The number of ether oxygens (including phenoxy) is 1. The fourth-order valence-electron chi connectivity index (χ4n) is 1.53. The number of aromatic nitrogens is 2. The first-order chi connectivity index (χ1) is 7.69. The average Bonchev–Trinajstić information content (AvgIpc) is 2.67. The second-order valence-corrected chi connectivity index (χ2v) is 3.81. The summed E-state index contributed by atoms with van der Waals surface area (Å²) in [6.45, 7) is 4.42. The lowest BCUT2D eigenvalue weighted by Gasteiger charge is -2.08. The van der Waals surface area contributed by atoms with Crippen LogP contribution in [0.4, 0.5) is 0 Å². The molecule has 1 aromatic heterocycles. The minimum Gasteiger partial charge on any atom is -0.437 e. The van der Waals surface area contributed by atoms with E-state index in [0.717, 1.165) is 17.0 Å². The first-order valence-electron chi connectivity index (χ1n) is 5.18. The van der Waals surface area contributed by atoms with Crippen molar-refractivity contribution in [2.75, 3.05) is 0 Å². The van der Waals surface area contributed by atoms with Crippen LogP contribution < -0.4 is 10.5 Å². The van der Waals surface area contributed by atoms with E-state index in [0.29, 0.717) is 12.4 Å². The summed E-state index contributed by atoms with van der Waals surface area (Å²) in [6, 6.07) is 7.78. The van der Waals surface area contributed by atoms with E-state index in [2.05, 4.69) is 10.2 Å². The van der Waals surface area contributed by atoms with Gasteiger partial charge in [0.15, 0.2) is 0 Å². The Morgan fingerprint density at radius 1 is 1.31 bits per heavy atom. The molecule has 2 rings (SSSR count). The molecule has 0 spiro atoms. The smallest absolute Gasteiger partial charge is 0.238 e. The van der Waals surface area contributed by atoms with Gasteiger partial charge in [0.25, 0.3) is 0 Å². The summed E-state index contributed by atoms with van der Waals surface area (Å²) in [5.74, 6) is 1.33. The highest BCUT2D eigenvalue weighted by Crippen LogP contribution is 2.24. The second-order valence-electron chi connectivity index (χ2n) is 3.81. The van der Waals surface area contributed by atoms with Crippen LogP contribution in [0, 0.1) is 13.8 Å². The number of H-pyrrole nitrogens is 1. The minimum absolute atomic E-state index is 0.459. The molecule has 84 valence electrons. The Bertz CT molecular complexity index is 491. The van der Waals surface area contributed by atoms with Crippen LogP contribution in [0.25, 0.3) is 0 Å². The van der Waals surface area contributed by atoms with E-state index >= 15 is 0 Å². The van der Waals surface area contributed by atoms with Crippen LogP contribution in [0.1, 0.15) is 16.8 Å². The van der Waals surface area contributed by atoms with Gasteiger partial charge >= 0.3 is 0 Å². The number of nitrogens with one attached hydrogen (secondary N) is 1. The van der Waals surface area contributed by atoms with Crippen LogP contribution in [0.3, 0.4) is 0 Å². The van der Waals surface area contributed by atoms with Crippen molar-refractivity contribution >= 4 is 0 Å². The van der Waals surface area contributed by atoms with Crippen molar-refractivity contribution in [2.45, 2.75) is 20.4 Å². The Hall–Kier alpha value is -1.81.